The molecule has 3 aromatic rings. The van der Waals surface area contributed by atoms with E-state index in [0.717, 1.165) is 34.2 Å². The average molecular weight is 487 g/mol. The molecule has 0 saturated heterocycles. The summed E-state index contributed by atoms with van der Waals surface area (Å²) in [5, 5.41) is 3.10. The minimum atomic E-state index is -0.669. The standard InChI is InChI=1S/C31H38N2O3/c1-6-24(4)32-31(35)28(19-26-12-8-7-9-13-26)33(20-27-17-15-22(2)16-18-27)30(34)21-36-29-14-10-11-23(3)25(29)5/h7-18,24,28H,6,19-21H2,1-5H3,(H,32,35)/t24-,28-/m0/s1. The van der Waals surface area contributed by atoms with Gasteiger partial charge in [-0.05, 0) is 62.4 Å². The van der Waals surface area contributed by atoms with Crippen molar-refractivity contribution in [3.05, 3.63) is 101 Å². The van der Waals surface area contributed by atoms with E-state index >= 15 is 0 Å². The lowest BCUT2D eigenvalue weighted by atomic mass is 10.0. The molecule has 5 heteroatoms. The summed E-state index contributed by atoms with van der Waals surface area (Å²) in [5.74, 6) is 0.305. The Balaban J connectivity index is 1.92. The lowest BCUT2D eigenvalue weighted by Crippen LogP contribution is -2.53. The van der Waals surface area contributed by atoms with Crippen LogP contribution in [0.3, 0.4) is 0 Å². The van der Waals surface area contributed by atoms with Gasteiger partial charge in [0.15, 0.2) is 6.61 Å². The van der Waals surface area contributed by atoms with Gasteiger partial charge in [0.1, 0.15) is 11.8 Å². The summed E-state index contributed by atoms with van der Waals surface area (Å²) in [5.41, 5.74) is 5.22. The highest BCUT2D eigenvalue weighted by molar-refractivity contribution is 5.88. The lowest BCUT2D eigenvalue weighted by molar-refractivity contribution is -0.143. The monoisotopic (exact) mass is 486 g/mol. The fourth-order valence-electron chi connectivity index (χ4n) is 3.99. The zero-order valence-corrected chi connectivity index (χ0v) is 22.1. The van der Waals surface area contributed by atoms with Gasteiger partial charge in [-0.25, -0.2) is 0 Å². The molecule has 0 heterocycles. The van der Waals surface area contributed by atoms with Crippen LogP contribution < -0.4 is 10.1 Å². The molecular weight excluding hydrogens is 448 g/mol. The Labute approximate surface area is 215 Å². The van der Waals surface area contributed by atoms with Crippen LogP contribution in [0.25, 0.3) is 0 Å². The maximum atomic E-state index is 13.7. The number of nitrogens with one attached hydrogen (secondary N) is 1. The number of ether oxygens (including phenoxy) is 1. The first-order valence-corrected chi connectivity index (χ1v) is 12.7. The summed E-state index contributed by atoms with van der Waals surface area (Å²) in [6, 6.07) is 23.1. The van der Waals surface area contributed by atoms with Gasteiger partial charge in [-0.15, -0.1) is 0 Å². The molecule has 2 amide bonds. The number of aryl methyl sites for hydroxylation is 2. The van der Waals surface area contributed by atoms with Crippen LogP contribution >= 0.6 is 0 Å². The highest BCUT2D eigenvalue weighted by atomic mass is 16.5. The molecule has 0 bridgehead atoms. The molecule has 3 rings (SSSR count). The number of hydrogen-bond acceptors (Lipinski definition) is 3. The van der Waals surface area contributed by atoms with E-state index in [0.29, 0.717) is 18.7 Å². The van der Waals surface area contributed by atoms with Crippen molar-refractivity contribution in [3.63, 3.8) is 0 Å². The highest BCUT2D eigenvalue weighted by Crippen LogP contribution is 2.21. The predicted molar refractivity (Wildman–Crippen MR) is 145 cm³/mol. The Bertz CT molecular complexity index is 1140. The van der Waals surface area contributed by atoms with Crippen molar-refractivity contribution in [3.8, 4) is 5.75 Å². The summed E-state index contributed by atoms with van der Waals surface area (Å²) >= 11 is 0. The molecule has 0 radical (unpaired) electrons. The van der Waals surface area contributed by atoms with Crippen molar-refractivity contribution < 1.29 is 14.3 Å². The van der Waals surface area contributed by atoms with Gasteiger partial charge in [0.25, 0.3) is 5.91 Å². The van der Waals surface area contributed by atoms with Crippen LogP contribution in [0.5, 0.6) is 5.75 Å². The Morgan fingerprint density at radius 3 is 2.25 bits per heavy atom. The number of hydrogen-bond donors (Lipinski definition) is 1. The molecule has 2 atom stereocenters. The van der Waals surface area contributed by atoms with Crippen molar-refractivity contribution >= 4 is 11.8 Å². The number of carbonyl (C=O) groups is 2. The molecule has 5 nitrogen and oxygen atoms in total. The van der Waals surface area contributed by atoms with E-state index in [1.54, 1.807) is 4.90 Å². The molecule has 0 unspecified atom stereocenters. The number of nitrogens with zero attached hydrogens (tertiary/aromatic N) is 1. The molecule has 0 aliphatic heterocycles. The molecule has 0 aliphatic rings. The Hall–Kier alpha value is -3.60. The molecular formula is C31H38N2O3. The Morgan fingerprint density at radius 2 is 1.58 bits per heavy atom. The first kappa shape index (κ1) is 27.0. The van der Waals surface area contributed by atoms with E-state index in [9.17, 15) is 9.59 Å². The SMILES string of the molecule is CC[C@H](C)NC(=O)[C@H](Cc1ccccc1)N(Cc1ccc(C)cc1)C(=O)COc1cccc(C)c1C. The van der Waals surface area contributed by atoms with E-state index in [4.69, 9.17) is 4.74 Å². The Morgan fingerprint density at radius 1 is 0.889 bits per heavy atom. The average Bonchev–Trinajstić information content (AvgIpc) is 2.88. The first-order chi connectivity index (χ1) is 17.3. The van der Waals surface area contributed by atoms with Crippen LogP contribution in [0.4, 0.5) is 0 Å². The fraction of sp³-hybridized carbons (Fsp3) is 0.355. The highest BCUT2D eigenvalue weighted by Gasteiger charge is 2.31. The molecule has 0 fully saturated rings. The summed E-state index contributed by atoms with van der Waals surface area (Å²) in [4.78, 5) is 28.9. The van der Waals surface area contributed by atoms with Gasteiger partial charge < -0.3 is 15.0 Å². The molecule has 0 saturated carbocycles. The smallest absolute Gasteiger partial charge is 0.261 e. The second kappa shape index (κ2) is 12.9. The van der Waals surface area contributed by atoms with Crippen LogP contribution in [0, 0.1) is 20.8 Å². The van der Waals surface area contributed by atoms with Gasteiger partial charge >= 0.3 is 0 Å². The lowest BCUT2D eigenvalue weighted by Gasteiger charge is -2.32. The summed E-state index contributed by atoms with van der Waals surface area (Å²) in [6.07, 6.45) is 1.23. The van der Waals surface area contributed by atoms with Crippen molar-refractivity contribution in [1.29, 1.82) is 0 Å². The van der Waals surface area contributed by atoms with Gasteiger partial charge in [0.05, 0.1) is 0 Å². The third kappa shape index (κ3) is 7.45. The summed E-state index contributed by atoms with van der Waals surface area (Å²) < 4.78 is 5.98. The summed E-state index contributed by atoms with van der Waals surface area (Å²) in [6.45, 7) is 10.2. The zero-order chi connectivity index (χ0) is 26.1. The number of amides is 2. The minimum Gasteiger partial charge on any atom is -0.483 e. The minimum absolute atomic E-state index is 0.0123. The van der Waals surface area contributed by atoms with Crippen molar-refractivity contribution in [1.82, 2.24) is 10.2 Å². The second-order valence-electron chi connectivity index (χ2n) is 9.52. The van der Waals surface area contributed by atoms with Gasteiger partial charge in [-0.3, -0.25) is 9.59 Å². The van der Waals surface area contributed by atoms with E-state index in [1.165, 1.54) is 0 Å². The van der Waals surface area contributed by atoms with Crippen LogP contribution in [0.2, 0.25) is 0 Å². The van der Waals surface area contributed by atoms with Crippen LogP contribution in [-0.4, -0.2) is 35.4 Å². The van der Waals surface area contributed by atoms with Crippen LogP contribution in [0.1, 0.15) is 48.1 Å². The summed E-state index contributed by atoms with van der Waals surface area (Å²) in [7, 11) is 0. The maximum absolute atomic E-state index is 13.7. The molecule has 36 heavy (non-hydrogen) atoms. The zero-order valence-electron chi connectivity index (χ0n) is 22.1. The predicted octanol–water partition coefficient (Wildman–Crippen LogP) is 5.55. The van der Waals surface area contributed by atoms with Crippen LogP contribution in [0.15, 0.2) is 72.8 Å². The van der Waals surface area contributed by atoms with E-state index < -0.39 is 6.04 Å². The first-order valence-electron chi connectivity index (χ1n) is 12.7. The van der Waals surface area contributed by atoms with Crippen molar-refractivity contribution in [2.45, 2.75) is 66.1 Å². The topological polar surface area (TPSA) is 58.6 Å². The fourth-order valence-corrected chi connectivity index (χ4v) is 3.99. The molecule has 190 valence electrons. The molecule has 0 aliphatic carbocycles. The largest absolute Gasteiger partial charge is 0.483 e. The van der Waals surface area contributed by atoms with Gasteiger partial charge in [-0.1, -0.05) is 79.2 Å². The number of benzene rings is 3. The molecule has 0 spiro atoms. The molecule has 0 aromatic heterocycles. The third-order valence-electron chi connectivity index (χ3n) is 6.65. The van der Waals surface area contributed by atoms with E-state index in [-0.39, 0.29) is 24.5 Å². The second-order valence-corrected chi connectivity index (χ2v) is 9.52. The van der Waals surface area contributed by atoms with Gasteiger partial charge in [-0.2, -0.15) is 0 Å². The quantitative estimate of drug-likeness (QED) is 0.387. The van der Waals surface area contributed by atoms with E-state index in [1.807, 2.05) is 107 Å². The molecule has 1 N–H and O–H groups in total. The number of rotatable bonds is 11. The van der Waals surface area contributed by atoms with E-state index in [2.05, 4.69) is 5.32 Å². The number of carbonyl (C=O) groups excluding carboxylic acids is 2. The van der Waals surface area contributed by atoms with Gasteiger partial charge in [0.2, 0.25) is 5.91 Å². The van der Waals surface area contributed by atoms with Crippen molar-refractivity contribution in [2.24, 2.45) is 0 Å². The van der Waals surface area contributed by atoms with Gasteiger partial charge in [0, 0.05) is 19.0 Å². The Kier molecular flexibility index (Phi) is 9.69. The van der Waals surface area contributed by atoms with Crippen molar-refractivity contribution in [2.75, 3.05) is 6.61 Å². The third-order valence-corrected chi connectivity index (χ3v) is 6.65. The maximum Gasteiger partial charge on any atom is 0.261 e. The normalized spacial score (nSPS) is 12.5. The molecule has 3 aromatic carbocycles. The van der Waals surface area contributed by atoms with Crippen LogP contribution in [-0.2, 0) is 22.6 Å².